The number of aromatic hydroxyl groups is 1. The molecular formula is C27H32N2O7. The van der Waals surface area contributed by atoms with Gasteiger partial charge in [0, 0.05) is 37.7 Å². The summed E-state index contributed by atoms with van der Waals surface area (Å²) in [5.41, 5.74) is -0.297. The van der Waals surface area contributed by atoms with Crippen LogP contribution in [0.1, 0.15) is 49.7 Å². The van der Waals surface area contributed by atoms with Gasteiger partial charge < -0.3 is 30.1 Å². The second-order valence-corrected chi connectivity index (χ2v) is 11.7. The van der Waals surface area contributed by atoms with Crippen LogP contribution in [0.4, 0.5) is 0 Å². The first-order valence-electron chi connectivity index (χ1n) is 13.2. The van der Waals surface area contributed by atoms with Crippen molar-refractivity contribution in [3.63, 3.8) is 0 Å². The molecule has 1 saturated carbocycles. The van der Waals surface area contributed by atoms with Crippen molar-refractivity contribution in [3.05, 3.63) is 34.6 Å². The maximum Gasteiger partial charge on any atom is 0.306 e. The number of carbonyl (C=O) groups is 2. The van der Waals surface area contributed by atoms with Gasteiger partial charge in [0.2, 0.25) is 0 Å². The third-order valence-electron chi connectivity index (χ3n) is 9.91. The number of amides is 1. The largest absolute Gasteiger partial charge is 0.508 e. The van der Waals surface area contributed by atoms with Crippen LogP contribution >= 0.6 is 0 Å². The minimum atomic E-state index is -1.34. The number of carboxylic acid groups (broad SMARTS) is 1. The standard InChI is InChI=1S/C27H32N2O7/c30-18-4-3-16-11-19-27(35)12-17(24(32)28-8-5-15(6-9-28)25(33)34)21(31)23-26(27,20(16)22(18)36-23)7-10-29(19)13-14-1-2-14/h3-4,14-15,19,23,30-31,35H,1-2,5-13H2,(H,33,34)/t19-,23+,26+,27-/m1/s1. The van der Waals surface area contributed by atoms with Crippen molar-refractivity contribution in [2.45, 2.75) is 68.1 Å². The van der Waals surface area contributed by atoms with E-state index in [4.69, 9.17) is 4.74 Å². The highest BCUT2D eigenvalue weighted by atomic mass is 16.5. The highest BCUT2D eigenvalue weighted by Gasteiger charge is 2.73. The second-order valence-electron chi connectivity index (χ2n) is 11.7. The van der Waals surface area contributed by atoms with Gasteiger partial charge in [-0.05, 0) is 62.6 Å². The summed E-state index contributed by atoms with van der Waals surface area (Å²) in [6.07, 6.45) is 3.35. The highest BCUT2D eigenvalue weighted by molar-refractivity contribution is 5.95. The molecule has 192 valence electrons. The number of likely N-dealkylation sites (tertiary alicyclic amines) is 2. The topological polar surface area (TPSA) is 131 Å². The Morgan fingerprint density at radius 1 is 1.08 bits per heavy atom. The monoisotopic (exact) mass is 496 g/mol. The third kappa shape index (κ3) is 2.78. The summed E-state index contributed by atoms with van der Waals surface area (Å²) >= 11 is 0. The molecule has 9 nitrogen and oxygen atoms in total. The molecule has 1 spiro atoms. The number of hydrogen-bond acceptors (Lipinski definition) is 7. The minimum absolute atomic E-state index is 0.0107. The Hall–Kier alpha value is -2.78. The number of phenols is 1. The van der Waals surface area contributed by atoms with Gasteiger partial charge in [-0.25, -0.2) is 0 Å². The molecule has 1 aromatic rings. The first-order valence-corrected chi connectivity index (χ1v) is 13.2. The van der Waals surface area contributed by atoms with Crippen molar-refractivity contribution in [1.29, 1.82) is 0 Å². The first-order chi connectivity index (χ1) is 17.2. The predicted octanol–water partition coefficient (Wildman–Crippen LogP) is 1.70. The van der Waals surface area contributed by atoms with E-state index in [9.17, 15) is 30.0 Å². The van der Waals surface area contributed by atoms with E-state index in [0.29, 0.717) is 50.4 Å². The molecule has 3 heterocycles. The number of nitrogens with zero attached hydrogens (tertiary/aromatic N) is 2. The Morgan fingerprint density at radius 3 is 2.53 bits per heavy atom. The van der Waals surface area contributed by atoms with E-state index < -0.39 is 29.0 Å². The molecule has 0 unspecified atom stereocenters. The van der Waals surface area contributed by atoms with Gasteiger partial charge in [-0.2, -0.15) is 0 Å². The van der Waals surface area contributed by atoms with Gasteiger partial charge in [0.1, 0.15) is 5.76 Å². The van der Waals surface area contributed by atoms with Crippen LogP contribution in [0, 0.1) is 11.8 Å². The van der Waals surface area contributed by atoms with E-state index in [1.807, 2.05) is 6.07 Å². The van der Waals surface area contributed by atoms with Crippen LogP contribution in [0.25, 0.3) is 0 Å². The maximum atomic E-state index is 13.7. The van der Waals surface area contributed by atoms with Crippen LogP contribution in [0.3, 0.4) is 0 Å². The summed E-state index contributed by atoms with van der Waals surface area (Å²) in [7, 11) is 0. The molecule has 3 aliphatic carbocycles. The molecule has 1 aromatic carbocycles. The molecule has 7 rings (SSSR count). The average molecular weight is 497 g/mol. The number of carbonyl (C=O) groups excluding carboxylic acids is 1. The van der Waals surface area contributed by atoms with E-state index >= 15 is 0 Å². The van der Waals surface area contributed by atoms with Crippen LogP contribution < -0.4 is 4.74 Å². The van der Waals surface area contributed by atoms with Crippen molar-refractivity contribution in [1.82, 2.24) is 9.80 Å². The number of hydrogen-bond donors (Lipinski definition) is 4. The lowest BCUT2D eigenvalue weighted by atomic mass is 9.49. The zero-order valence-corrected chi connectivity index (χ0v) is 20.2. The minimum Gasteiger partial charge on any atom is -0.508 e. The molecule has 0 radical (unpaired) electrons. The Kier molecular flexibility index (Phi) is 4.60. The molecular weight excluding hydrogens is 464 g/mol. The number of benzene rings is 1. The molecule has 2 saturated heterocycles. The number of piperidine rings is 2. The van der Waals surface area contributed by atoms with Gasteiger partial charge in [0.05, 0.1) is 22.5 Å². The summed E-state index contributed by atoms with van der Waals surface area (Å²) < 4.78 is 6.25. The van der Waals surface area contributed by atoms with Crippen LogP contribution in [0.15, 0.2) is 23.5 Å². The molecule has 2 bridgehead atoms. The Bertz CT molecular complexity index is 1200. The van der Waals surface area contributed by atoms with Crippen molar-refractivity contribution < 1.29 is 34.8 Å². The third-order valence-corrected chi connectivity index (χ3v) is 9.91. The smallest absolute Gasteiger partial charge is 0.306 e. The molecule has 3 aliphatic heterocycles. The van der Waals surface area contributed by atoms with Crippen LogP contribution in [-0.2, 0) is 21.4 Å². The van der Waals surface area contributed by atoms with Gasteiger partial charge >= 0.3 is 5.97 Å². The molecule has 0 aromatic heterocycles. The van der Waals surface area contributed by atoms with E-state index in [0.717, 1.165) is 24.2 Å². The van der Waals surface area contributed by atoms with Crippen molar-refractivity contribution in [2.75, 3.05) is 26.2 Å². The van der Waals surface area contributed by atoms with Gasteiger partial charge in [-0.15, -0.1) is 0 Å². The van der Waals surface area contributed by atoms with Gasteiger partial charge in [0.25, 0.3) is 5.91 Å². The SMILES string of the molecule is O=C(O)C1CCN(C(=O)C2=C(O)[C@@H]3Oc4c(O)ccc5c4[C@@]34CCN(CC3CC3)[C@H](C5)[C@]4(O)C2)CC1. The lowest BCUT2D eigenvalue weighted by molar-refractivity contribution is -0.173. The van der Waals surface area contributed by atoms with E-state index in [1.165, 1.54) is 12.8 Å². The molecule has 3 fully saturated rings. The van der Waals surface area contributed by atoms with Gasteiger partial charge in [-0.3, -0.25) is 14.5 Å². The zero-order valence-electron chi connectivity index (χ0n) is 20.2. The van der Waals surface area contributed by atoms with Gasteiger partial charge in [-0.1, -0.05) is 6.07 Å². The zero-order chi connectivity index (χ0) is 25.0. The Balaban J connectivity index is 1.31. The highest BCUT2D eigenvalue weighted by Crippen LogP contribution is 2.66. The number of phenolic OH excluding ortho intramolecular Hbond substituents is 1. The quantitative estimate of drug-likeness (QED) is 0.496. The van der Waals surface area contributed by atoms with E-state index in [-0.39, 0.29) is 35.5 Å². The maximum absolute atomic E-state index is 13.7. The lowest BCUT2D eigenvalue weighted by Gasteiger charge is -2.62. The van der Waals surface area contributed by atoms with Gasteiger partial charge in [0.15, 0.2) is 17.6 Å². The molecule has 6 aliphatic rings. The summed E-state index contributed by atoms with van der Waals surface area (Å²) in [5.74, 6) is -0.916. The first kappa shape index (κ1) is 22.4. The fraction of sp³-hybridized carbons (Fsp3) is 0.630. The van der Waals surface area contributed by atoms with E-state index in [1.54, 1.807) is 11.0 Å². The van der Waals surface area contributed by atoms with Crippen molar-refractivity contribution in [2.24, 2.45) is 11.8 Å². The molecule has 4 atom stereocenters. The number of aliphatic carboxylic acids is 1. The number of aliphatic hydroxyl groups excluding tert-OH is 1. The fourth-order valence-corrected chi connectivity index (χ4v) is 7.88. The average Bonchev–Trinajstić information content (AvgIpc) is 3.60. The molecule has 9 heteroatoms. The molecule has 1 amide bonds. The summed E-state index contributed by atoms with van der Waals surface area (Å²) in [6, 6.07) is 3.30. The number of rotatable bonds is 4. The summed E-state index contributed by atoms with van der Waals surface area (Å²) in [4.78, 5) is 29.0. The Labute approximate surface area is 209 Å². The van der Waals surface area contributed by atoms with Crippen LogP contribution in [0.5, 0.6) is 11.5 Å². The van der Waals surface area contributed by atoms with Crippen molar-refractivity contribution in [3.8, 4) is 11.5 Å². The number of carboxylic acids is 1. The number of ether oxygens (including phenoxy) is 1. The van der Waals surface area contributed by atoms with Crippen LogP contribution in [0.2, 0.25) is 0 Å². The number of aliphatic hydroxyl groups is 2. The predicted molar refractivity (Wildman–Crippen MR) is 127 cm³/mol. The normalized spacial score (nSPS) is 35.4. The molecule has 36 heavy (non-hydrogen) atoms. The fourth-order valence-electron chi connectivity index (χ4n) is 7.88. The van der Waals surface area contributed by atoms with E-state index in [2.05, 4.69) is 4.90 Å². The summed E-state index contributed by atoms with van der Waals surface area (Å²) in [6.45, 7) is 2.27. The lowest BCUT2D eigenvalue weighted by Crippen LogP contribution is -2.75. The molecule has 4 N–H and O–H groups in total. The second kappa shape index (κ2) is 7.38. The van der Waals surface area contributed by atoms with Crippen molar-refractivity contribution >= 4 is 11.9 Å². The van der Waals surface area contributed by atoms with Crippen LogP contribution in [-0.4, -0.2) is 86.0 Å². The Morgan fingerprint density at radius 2 is 1.83 bits per heavy atom. The summed E-state index contributed by atoms with van der Waals surface area (Å²) in [5, 5.41) is 44.2.